The average molecular weight is 421 g/mol. The van der Waals surface area contributed by atoms with E-state index in [-0.39, 0.29) is 5.91 Å². The summed E-state index contributed by atoms with van der Waals surface area (Å²) in [6.07, 6.45) is 3.86. The normalized spacial score (nSPS) is 10.8. The molecule has 0 atom stereocenters. The number of benzene rings is 2. The van der Waals surface area contributed by atoms with Crippen molar-refractivity contribution in [3.63, 3.8) is 0 Å². The minimum Gasteiger partial charge on any atom is -0.389 e. The van der Waals surface area contributed by atoms with Crippen LogP contribution in [0.15, 0.2) is 48.8 Å². The first-order valence-electron chi connectivity index (χ1n) is 10.0. The monoisotopic (exact) mass is 420 g/mol. The topological polar surface area (TPSA) is 79.0 Å². The number of aryl methyl sites for hydroxylation is 4. The van der Waals surface area contributed by atoms with Gasteiger partial charge in [-0.05, 0) is 51.0 Å². The quantitative estimate of drug-likeness (QED) is 0.471. The van der Waals surface area contributed by atoms with Gasteiger partial charge in [0.2, 0.25) is 0 Å². The molecule has 0 unspecified atom stereocenters. The number of carbonyl (C=O) groups excluding carboxylic acids is 1. The molecule has 156 valence electrons. The van der Waals surface area contributed by atoms with Crippen molar-refractivity contribution in [2.45, 2.75) is 40.8 Å². The number of carbonyl (C=O) groups is 1. The van der Waals surface area contributed by atoms with Crippen molar-refractivity contribution in [3.05, 3.63) is 71.0 Å². The maximum atomic E-state index is 11.2. The maximum absolute atomic E-state index is 11.2. The fraction of sp³-hybridized carbons (Fsp3) is 0.250. The fourth-order valence-electron chi connectivity index (χ4n) is 3.72. The van der Waals surface area contributed by atoms with Gasteiger partial charge in [0, 0.05) is 52.9 Å². The Hall–Kier alpha value is -3.12. The van der Waals surface area contributed by atoms with Gasteiger partial charge in [0.25, 0.3) is 5.91 Å². The van der Waals surface area contributed by atoms with Crippen LogP contribution in [0.4, 0.5) is 0 Å². The molecular formula is C24H28N4OS. The van der Waals surface area contributed by atoms with Crippen LogP contribution in [-0.2, 0) is 13.1 Å². The lowest BCUT2D eigenvalue weighted by Gasteiger charge is -2.00. The Morgan fingerprint density at radius 2 is 1.27 bits per heavy atom. The van der Waals surface area contributed by atoms with Crippen molar-refractivity contribution in [1.82, 2.24) is 9.13 Å². The first-order chi connectivity index (χ1) is 14.3. The lowest BCUT2D eigenvalue weighted by molar-refractivity contribution is 0.100. The Morgan fingerprint density at radius 3 is 1.67 bits per heavy atom. The summed E-state index contributed by atoms with van der Waals surface area (Å²) in [4.78, 5) is 11.7. The summed E-state index contributed by atoms with van der Waals surface area (Å²) < 4.78 is 4.22. The Balaban J connectivity index is 0.000000171. The minimum atomic E-state index is -0.365. The summed E-state index contributed by atoms with van der Waals surface area (Å²) in [6, 6.07) is 12.4. The standard InChI is InChI=1S/C12H14N2O.C12H14N2S/c2*1-3-14-7-10(12(13)15)9-5-4-8(2)6-11(9)14/h2*4-7H,3H2,1-2H3,(H2,13,15). The molecule has 5 nitrogen and oxygen atoms in total. The van der Waals surface area contributed by atoms with Gasteiger partial charge < -0.3 is 20.6 Å². The number of hydrogen-bond acceptors (Lipinski definition) is 2. The fourth-order valence-corrected chi connectivity index (χ4v) is 3.88. The predicted molar refractivity (Wildman–Crippen MR) is 129 cm³/mol. The number of primary amides is 1. The van der Waals surface area contributed by atoms with Crippen LogP contribution in [0, 0.1) is 13.8 Å². The van der Waals surface area contributed by atoms with Crippen LogP contribution >= 0.6 is 12.2 Å². The van der Waals surface area contributed by atoms with Gasteiger partial charge >= 0.3 is 0 Å². The molecule has 0 aliphatic carbocycles. The number of fused-ring (bicyclic) bond motifs is 2. The number of hydrogen-bond donors (Lipinski definition) is 2. The lowest BCUT2D eigenvalue weighted by atomic mass is 10.1. The van der Waals surface area contributed by atoms with Crippen LogP contribution in [0.1, 0.15) is 40.9 Å². The van der Waals surface area contributed by atoms with Gasteiger partial charge in [-0.3, -0.25) is 4.79 Å². The number of nitrogens with two attached hydrogens (primary N) is 2. The molecule has 0 fully saturated rings. The van der Waals surface area contributed by atoms with E-state index in [1.165, 1.54) is 16.6 Å². The van der Waals surface area contributed by atoms with E-state index in [4.69, 9.17) is 23.7 Å². The summed E-state index contributed by atoms with van der Waals surface area (Å²) in [5, 5.41) is 2.09. The number of rotatable bonds is 4. The van der Waals surface area contributed by atoms with Gasteiger partial charge in [0.1, 0.15) is 4.99 Å². The Kier molecular flexibility index (Phi) is 6.27. The molecule has 30 heavy (non-hydrogen) atoms. The molecule has 0 spiro atoms. The molecule has 1 amide bonds. The van der Waals surface area contributed by atoms with Crippen LogP contribution < -0.4 is 11.5 Å². The number of aromatic nitrogens is 2. The largest absolute Gasteiger partial charge is 0.389 e. The highest BCUT2D eigenvalue weighted by Crippen LogP contribution is 2.23. The SMILES string of the molecule is CCn1cc(C(N)=O)c2ccc(C)cc21.CCn1cc(C(N)=S)c2ccc(C)cc21. The van der Waals surface area contributed by atoms with E-state index in [0.29, 0.717) is 10.6 Å². The molecule has 0 aliphatic rings. The van der Waals surface area contributed by atoms with E-state index < -0.39 is 0 Å². The van der Waals surface area contributed by atoms with E-state index in [1.807, 2.05) is 42.9 Å². The molecule has 0 radical (unpaired) electrons. The third-order valence-corrected chi connectivity index (χ3v) is 5.51. The number of amides is 1. The van der Waals surface area contributed by atoms with Gasteiger partial charge in [-0.15, -0.1) is 0 Å². The van der Waals surface area contributed by atoms with Gasteiger partial charge in [-0.2, -0.15) is 0 Å². The van der Waals surface area contributed by atoms with Crippen molar-refractivity contribution in [3.8, 4) is 0 Å². The van der Waals surface area contributed by atoms with Crippen molar-refractivity contribution in [1.29, 1.82) is 0 Å². The van der Waals surface area contributed by atoms with Crippen molar-refractivity contribution in [2.24, 2.45) is 11.5 Å². The third kappa shape index (κ3) is 4.09. The Bertz CT molecular complexity index is 1150. The molecule has 0 saturated heterocycles. The van der Waals surface area contributed by atoms with Crippen molar-refractivity contribution < 1.29 is 4.79 Å². The van der Waals surface area contributed by atoms with E-state index in [0.717, 1.165) is 34.9 Å². The van der Waals surface area contributed by atoms with E-state index in [2.05, 4.69) is 42.7 Å². The Morgan fingerprint density at radius 1 is 0.833 bits per heavy atom. The molecular weight excluding hydrogens is 392 g/mol. The van der Waals surface area contributed by atoms with Crippen molar-refractivity contribution >= 4 is 44.9 Å². The Labute approximate surface area is 182 Å². The minimum absolute atomic E-state index is 0.365. The summed E-state index contributed by atoms with van der Waals surface area (Å²) in [6.45, 7) is 10.1. The molecule has 2 aromatic carbocycles. The van der Waals surface area contributed by atoms with Crippen LogP contribution in [0.5, 0.6) is 0 Å². The second-order valence-electron chi connectivity index (χ2n) is 7.43. The van der Waals surface area contributed by atoms with E-state index >= 15 is 0 Å². The van der Waals surface area contributed by atoms with Gasteiger partial charge in [-0.25, -0.2) is 0 Å². The molecule has 4 aromatic rings. The zero-order chi connectivity index (χ0) is 22.0. The molecule has 4 N–H and O–H groups in total. The zero-order valence-electron chi connectivity index (χ0n) is 17.9. The molecule has 0 bridgehead atoms. The second kappa shape index (κ2) is 8.71. The third-order valence-electron chi connectivity index (χ3n) is 5.29. The van der Waals surface area contributed by atoms with Gasteiger partial charge in [-0.1, -0.05) is 36.5 Å². The first-order valence-corrected chi connectivity index (χ1v) is 10.5. The summed E-state index contributed by atoms with van der Waals surface area (Å²) in [5.74, 6) is -0.365. The molecule has 0 aliphatic heterocycles. The number of nitrogens with zero attached hydrogens (tertiary/aromatic N) is 2. The summed E-state index contributed by atoms with van der Waals surface area (Å²) >= 11 is 5.05. The molecule has 2 aromatic heterocycles. The highest BCUT2D eigenvalue weighted by atomic mass is 32.1. The van der Waals surface area contributed by atoms with Crippen LogP contribution in [-0.4, -0.2) is 20.0 Å². The summed E-state index contributed by atoms with van der Waals surface area (Å²) in [7, 11) is 0. The molecule has 2 heterocycles. The summed E-state index contributed by atoms with van der Waals surface area (Å²) in [5.41, 5.74) is 17.3. The van der Waals surface area contributed by atoms with Crippen LogP contribution in [0.3, 0.4) is 0 Å². The zero-order valence-corrected chi connectivity index (χ0v) is 18.7. The van der Waals surface area contributed by atoms with Gasteiger partial charge in [0.15, 0.2) is 0 Å². The van der Waals surface area contributed by atoms with E-state index in [1.54, 1.807) is 0 Å². The molecule has 6 heteroatoms. The molecule has 0 saturated carbocycles. The predicted octanol–water partition coefficient (Wildman–Crippen LogP) is 4.67. The molecule has 4 rings (SSSR count). The smallest absolute Gasteiger partial charge is 0.250 e. The lowest BCUT2D eigenvalue weighted by Crippen LogP contribution is -2.10. The highest BCUT2D eigenvalue weighted by Gasteiger charge is 2.11. The average Bonchev–Trinajstić information content (AvgIpc) is 3.26. The van der Waals surface area contributed by atoms with Crippen molar-refractivity contribution in [2.75, 3.05) is 0 Å². The number of thiocarbonyl (C=S) groups is 1. The maximum Gasteiger partial charge on any atom is 0.250 e. The highest BCUT2D eigenvalue weighted by molar-refractivity contribution is 7.80. The second-order valence-corrected chi connectivity index (χ2v) is 7.87. The van der Waals surface area contributed by atoms with Crippen LogP contribution in [0.2, 0.25) is 0 Å². The first kappa shape index (κ1) is 21.6. The van der Waals surface area contributed by atoms with Crippen LogP contribution in [0.25, 0.3) is 21.8 Å². The van der Waals surface area contributed by atoms with Gasteiger partial charge in [0.05, 0.1) is 5.56 Å². The van der Waals surface area contributed by atoms with E-state index in [9.17, 15) is 4.79 Å².